The van der Waals surface area contributed by atoms with E-state index in [9.17, 15) is 22.8 Å². The number of benzene rings is 2. The molecule has 0 radical (unpaired) electrons. The van der Waals surface area contributed by atoms with Gasteiger partial charge in [-0.25, -0.2) is 4.79 Å². The van der Waals surface area contributed by atoms with Crippen molar-refractivity contribution >= 4 is 34.9 Å². The van der Waals surface area contributed by atoms with Crippen molar-refractivity contribution in [1.29, 1.82) is 0 Å². The summed E-state index contributed by atoms with van der Waals surface area (Å²) in [5.41, 5.74) is 0.192. The van der Waals surface area contributed by atoms with Crippen molar-refractivity contribution < 1.29 is 27.5 Å². The van der Waals surface area contributed by atoms with Gasteiger partial charge >= 0.3 is 12.4 Å². The molecule has 2 rings (SSSR count). The van der Waals surface area contributed by atoms with E-state index in [1.54, 1.807) is 25.1 Å². The van der Waals surface area contributed by atoms with Gasteiger partial charge in [0.2, 0.25) is 0 Å². The van der Waals surface area contributed by atoms with Gasteiger partial charge in [0.05, 0.1) is 11.3 Å². The number of halogens is 4. The summed E-state index contributed by atoms with van der Waals surface area (Å²) < 4.78 is 41.1. The molecular weight excluding hydrogens is 387 g/mol. The van der Waals surface area contributed by atoms with Crippen LogP contribution in [0.5, 0.6) is 5.75 Å². The van der Waals surface area contributed by atoms with E-state index in [1.807, 2.05) is 0 Å². The van der Waals surface area contributed by atoms with E-state index < -0.39 is 24.1 Å². The fourth-order valence-electron chi connectivity index (χ4n) is 2.13. The molecule has 10 heteroatoms. The van der Waals surface area contributed by atoms with E-state index >= 15 is 0 Å². The first-order chi connectivity index (χ1) is 12.7. The van der Waals surface area contributed by atoms with Gasteiger partial charge in [0.1, 0.15) is 5.75 Å². The van der Waals surface area contributed by atoms with Crippen LogP contribution in [0, 0.1) is 0 Å². The third kappa shape index (κ3) is 6.37. The molecule has 0 aliphatic rings. The van der Waals surface area contributed by atoms with Crippen LogP contribution in [0.1, 0.15) is 17.3 Å². The van der Waals surface area contributed by atoms with Crippen LogP contribution >= 0.6 is 11.6 Å². The summed E-state index contributed by atoms with van der Waals surface area (Å²) in [6, 6.07) is 8.52. The zero-order chi connectivity index (χ0) is 20.0. The van der Waals surface area contributed by atoms with Gasteiger partial charge in [-0.05, 0) is 37.3 Å². The quantitative estimate of drug-likeness (QED) is 0.683. The summed E-state index contributed by atoms with van der Waals surface area (Å²) in [5, 5.41) is 7.71. The highest BCUT2D eigenvalue weighted by Crippen LogP contribution is 2.28. The Hall–Kier alpha value is -2.94. The third-order valence-electron chi connectivity index (χ3n) is 3.14. The maximum Gasteiger partial charge on any atom is 0.573 e. The Morgan fingerprint density at radius 1 is 1.11 bits per heavy atom. The minimum Gasteiger partial charge on any atom is -0.406 e. The van der Waals surface area contributed by atoms with Crippen LogP contribution in [0.3, 0.4) is 0 Å². The Bertz CT molecular complexity index is 844. The van der Waals surface area contributed by atoms with Gasteiger partial charge in [0, 0.05) is 23.3 Å². The second-order valence-corrected chi connectivity index (χ2v) is 5.64. The van der Waals surface area contributed by atoms with Crippen LogP contribution in [-0.2, 0) is 0 Å². The van der Waals surface area contributed by atoms with E-state index in [0.717, 1.165) is 18.2 Å². The second kappa shape index (κ2) is 8.63. The number of carbonyl (C=O) groups is 2. The number of carbonyl (C=O) groups excluding carboxylic acids is 2. The lowest BCUT2D eigenvalue weighted by Gasteiger charge is -2.15. The van der Waals surface area contributed by atoms with Gasteiger partial charge in [0.25, 0.3) is 5.91 Å². The van der Waals surface area contributed by atoms with Crippen LogP contribution in [0.15, 0.2) is 42.5 Å². The van der Waals surface area contributed by atoms with Crippen LogP contribution in [-0.4, -0.2) is 24.8 Å². The molecule has 2 aromatic rings. The Kier molecular flexibility index (Phi) is 6.51. The van der Waals surface area contributed by atoms with Crippen molar-refractivity contribution in [3.8, 4) is 5.75 Å². The summed E-state index contributed by atoms with van der Waals surface area (Å²) in [7, 11) is 0. The molecule has 0 spiro atoms. The predicted molar refractivity (Wildman–Crippen MR) is 95.2 cm³/mol. The summed E-state index contributed by atoms with van der Waals surface area (Å²) >= 11 is 5.82. The number of anilines is 2. The SMILES string of the molecule is CCNC(=O)c1ccc(OC(F)(F)F)cc1NC(=O)Nc1cccc(Cl)c1. The van der Waals surface area contributed by atoms with Gasteiger partial charge < -0.3 is 20.7 Å². The average molecular weight is 402 g/mol. The number of amides is 3. The molecular formula is C17H15ClF3N3O3. The Labute approximate surface area is 157 Å². The molecule has 0 aromatic heterocycles. The maximum atomic E-state index is 12.4. The number of hydrogen-bond donors (Lipinski definition) is 3. The molecule has 0 bridgehead atoms. The Morgan fingerprint density at radius 2 is 1.85 bits per heavy atom. The molecule has 27 heavy (non-hydrogen) atoms. The average Bonchev–Trinajstić information content (AvgIpc) is 2.53. The molecule has 6 nitrogen and oxygen atoms in total. The van der Waals surface area contributed by atoms with Gasteiger partial charge in [-0.1, -0.05) is 17.7 Å². The fourth-order valence-corrected chi connectivity index (χ4v) is 2.32. The highest BCUT2D eigenvalue weighted by molar-refractivity contribution is 6.30. The lowest BCUT2D eigenvalue weighted by molar-refractivity contribution is -0.274. The third-order valence-corrected chi connectivity index (χ3v) is 3.37. The smallest absolute Gasteiger partial charge is 0.406 e. The molecule has 0 aliphatic carbocycles. The monoisotopic (exact) mass is 401 g/mol. The molecule has 0 fully saturated rings. The topological polar surface area (TPSA) is 79.5 Å². The second-order valence-electron chi connectivity index (χ2n) is 5.20. The zero-order valence-corrected chi connectivity index (χ0v) is 14.7. The number of ether oxygens (including phenoxy) is 1. The summed E-state index contributed by atoms with van der Waals surface area (Å²) in [6.45, 7) is 1.98. The molecule has 144 valence electrons. The lowest BCUT2D eigenvalue weighted by atomic mass is 10.1. The number of nitrogens with one attached hydrogen (secondary N) is 3. The summed E-state index contributed by atoms with van der Waals surface area (Å²) in [4.78, 5) is 24.2. The predicted octanol–water partition coefficient (Wildman–Crippen LogP) is 4.63. The van der Waals surface area contributed by atoms with Gasteiger partial charge in [-0.15, -0.1) is 13.2 Å². The zero-order valence-electron chi connectivity index (χ0n) is 14.0. The first-order valence-corrected chi connectivity index (χ1v) is 8.07. The number of alkyl halides is 3. The van der Waals surface area contributed by atoms with E-state index in [-0.39, 0.29) is 11.3 Å². The van der Waals surface area contributed by atoms with Crippen molar-refractivity contribution in [2.24, 2.45) is 0 Å². The molecule has 0 atom stereocenters. The summed E-state index contributed by atoms with van der Waals surface area (Å²) in [6.07, 6.45) is -4.91. The van der Waals surface area contributed by atoms with Crippen LogP contribution in [0.2, 0.25) is 5.02 Å². The van der Waals surface area contributed by atoms with E-state index in [2.05, 4.69) is 20.7 Å². The standard InChI is InChI=1S/C17H15ClF3N3O3/c1-2-22-15(25)13-7-6-12(27-17(19,20)21)9-14(13)24-16(26)23-11-5-3-4-10(18)8-11/h3-9H,2H2,1H3,(H,22,25)(H2,23,24,26). The molecule has 0 heterocycles. The molecule has 0 unspecified atom stereocenters. The van der Waals surface area contributed by atoms with E-state index in [0.29, 0.717) is 17.3 Å². The lowest BCUT2D eigenvalue weighted by Crippen LogP contribution is -2.26. The van der Waals surface area contributed by atoms with Crippen molar-refractivity contribution in [3.63, 3.8) is 0 Å². The maximum absolute atomic E-state index is 12.4. The first-order valence-electron chi connectivity index (χ1n) is 7.69. The minimum atomic E-state index is -4.91. The van der Waals surface area contributed by atoms with Gasteiger partial charge in [0.15, 0.2) is 0 Å². The Morgan fingerprint density at radius 3 is 2.48 bits per heavy atom. The van der Waals surface area contributed by atoms with Crippen LogP contribution in [0.4, 0.5) is 29.3 Å². The van der Waals surface area contributed by atoms with Crippen molar-refractivity contribution in [1.82, 2.24) is 5.32 Å². The van der Waals surface area contributed by atoms with Crippen LogP contribution < -0.4 is 20.7 Å². The van der Waals surface area contributed by atoms with Gasteiger partial charge in [-0.3, -0.25) is 4.79 Å². The molecule has 0 saturated heterocycles. The van der Waals surface area contributed by atoms with Crippen molar-refractivity contribution in [2.45, 2.75) is 13.3 Å². The Balaban J connectivity index is 2.25. The number of hydrogen-bond acceptors (Lipinski definition) is 3. The van der Waals surface area contributed by atoms with Gasteiger partial charge in [-0.2, -0.15) is 0 Å². The highest BCUT2D eigenvalue weighted by Gasteiger charge is 2.31. The minimum absolute atomic E-state index is 0.0207. The van der Waals surface area contributed by atoms with Crippen molar-refractivity contribution in [2.75, 3.05) is 17.2 Å². The number of rotatable bonds is 5. The normalized spacial score (nSPS) is 10.9. The van der Waals surface area contributed by atoms with E-state index in [4.69, 9.17) is 11.6 Å². The van der Waals surface area contributed by atoms with Crippen molar-refractivity contribution in [3.05, 3.63) is 53.1 Å². The first kappa shape index (κ1) is 20.4. The molecule has 0 aliphatic heterocycles. The molecule has 3 amide bonds. The number of urea groups is 1. The largest absolute Gasteiger partial charge is 0.573 e. The fraction of sp³-hybridized carbons (Fsp3) is 0.176. The summed E-state index contributed by atoms with van der Waals surface area (Å²) in [5.74, 6) is -1.14. The highest BCUT2D eigenvalue weighted by atomic mass is 35.5. The van der Waals surface area contributed by atoms with Crippen LogP contribution in [0.25, 0.3) is 0 Å². The molecule has 0 saturated carbocycles. The molecule has 2 aromatic carbocycles. The van der Waals surface area contributed by atoms with E-state index in [1.165, 1.54) is 6.07 Å². The molecule has 3 N–H and O–H groups in total.